The molecule has 0 atom stereocenters. The van der Waals surface area contributed by atoms with E-state index in [-0.39, 0.29) is 17.7 Å². The monoisotopic (exact) mass is 490 g/mol. The van der Waals surface area contributed by atoms with Gasteiger partial charge in [0.2, 0.25) is 5.91 Å². The molecule has 0 radical (unpaired) electrons. The number of anilines is 1. The molecule has 2 fully saturated rings. The first-order valence-electron chi connectivity index (χ1n) is 10.2. The molecule has 2 saturated heterocycles. The molecule has 3 heterocycles. The quantitative estimate of drug-likeness (QED) is 0.657. The van der Waals surface area contributed by atoms with Crippen molar-refractivity contribution >= 4 is 45.2 Å². The van der Waals surface area contributed by atoms with E-state index in [1.807, 2.05) is 46.2 Å². The van der Waals surface area contributed by atoms with Crippen molar-refractivity contribution in [2.75, 3.05) is 44.2 Å². The Morgan fingerprint density at radius 2 is 1.60 bits per heavy atom. The lowest BCUT2D eigenvalue weighted by atomic mass is 9.94. The van der Waals surface area contributed by atoms with Crippen molar-refractivity contribution in [2.24, 2.45) is 5.92 Å². The third kappa shape index (κ3) is 4.62. The van der Waals surface area contributed by atoms with Crippen molar-refractivity contribution in [1.29, 1.82) is 0 Å². The van der Waals surface area contributed by atoms with E-state index < -0.39 is 0 Å². The Balaban J connectivity index is 1.28. The summed E-state index contributed by atoms with van der Waals surface area (Å²) in [5, 5.41) is 0.639. The van der Waals surface area contributed by atoms with Crippen molar-refractivity contribution in [3.8, 4) is 0 Å². The van der Waals surface area contributed by atoms with Gasteiger partial charge in [-0.25, -0.2) is 4.98 Å². The Morgan fingerprint density at radius 1 is 0.933 bits per heavy atom. The number of benzene rings is 1. The number of likely N-dealkylation sites (tertiary alicyclic amines) is 1. The van der Waals surface area contributed by atoms with Gasteiger partial charge in [0.1, 0.15) is 5.82 Å². The number of hydrogen-bond donors (Lipinski definition) is 0. The number of amides is 2. The highest BCUT2D eigenvalue weighted by Gasteiger charge is 2.32. The van der Waals surface area contributed by atoms with Gasteiger partial charge < -0.3 is 14.7 Å². The maximum Gasteiger partial charge on any atom is 0.253 e. The third-order valence-corrected chi connectivity index (χ3v) is 6.68. The number of halogens is 2. The summed E-state index contributed by atoms with van der Waals surface area (Å²) in [6.07, 6.45) is 3.17. The summed E-state index contributed by atoms with van der Waals surface area (Å²) in [7, 11) is 0. The number of rotatable bonds is 3. The van der Waals surface area contributed by atoms with Gasteiger partial charge >= 0.3 is 0 Å². The van der Waals surface area contributed by atoms with Crippen LogP contribution in [0.3, 0.4) is 0 Å². The molecular formula is C22H24BrClN4O2. The predicted octanol–water partition coefficient (Wildman–Crippen LogP) is 3.70. The van der Waals surface area contributed by atoms with E-state index in [0.717, 1.165) is 23.4 Å². The highest BCUT2D eigenvalue weighted by Crippen LogP contribution is 2.25. The topological polar surface area (TPSA) is 56.8 Å². The minimum atomic E-state index is -0.0102. The van der Waals surface area contributed by atoms with E-state index in [0.29, 0.717) is 49.6 Å². The van der Waals surface area contributed by atoms with Crippen LogP contribution >= 0.6 is 27.5 Å². The number of pyridine rings is 1. The van der Waals surface area contributed by atoms with Gasteiger partial charge in [-0.1, -0.05) is 27.5 Å². The van der Waals surface area contributed by atoms with Crippen LogP contribution in [0.15, 0.2) is 47.1 Å². The largest absolute Gasteiger partial charge is 0.352 e. The van der Waals surface area contributed by atoms with Gasteiger partial charge in [-0.15, -0.1) is 0 Å². The van der Waals surface area contributed by atoms with Gasteiger partial charge in [0, 0.05) is 61.4 Å². The van der Waals surface area contributed by atoms with Crippen molar-refractivity contribution < 1.29 is 9.59 Å². The molecule has 2 amide bonds. The summed E-state index contributed by atoms with van der Waals surface area (Å²) < 4.78 is 0.953. The molecule has 6 nitrogen and oxygen atoms in total. The Labute approximate surface area is 189 Å². The highest BCUT2D eigenvalue weighted by molar-refractivity contribution is 9.10. The Bertz CT molecular complexity index is 908. The van der Waals surface area contributed by atoms with Gasteiger partial charge in [-0.2, -0.15) is 0 Å². The lowest BCUT2D eigenvalue weighted by Crippen LogP contribution is -2.52. The van der Waals surface area contributed by atoms with Crippen molar-refractivity contribution in [3.05, 3.63) is 57.7 Å². The molecule has 0 saturated carbocycles. The average Bonchev–Trinajstić information content (AvgIpc) is 2.79. The Morgan fingerprint density at radius 3 is 2.23 bits per heavy atom. The lowest BCUT2D eigenvalue weighted by molar-refractivity contribution is -0.137. The number of hydrogen-bond acceptors (Lipinski definition) is 4. The Hall–Kier alpha value is -2.12. The number of carbonyl (C=O) groups excluding carboxylic acids is 2. The van der Waals surface area contributed by atoms with Gasteiger partial charge in [0.05, 0.1) is 5.02 Å². The fourth-order valence-corrected chi connectivity index (χ4v) is 4.62. The second-order valence-electron chi connectivity index (χ2n) is 7.69. The summed E-state index contributed by atoms with van der Waals surface area (Å²) in [5.41, 5.74) is 0.687. The molecule has 0 bridgehead atoms. The van der Waals surface area contributed by atoms with E-state index in [2.05, 4.69) is 25.8 Å². The van der Waals surface area contributed by atoms with E-state index in [1.54, 1.807) is 6.20 Å². The van der Waals surface area contributed by atoms with E-state index in [9.17, 15) is 9.59 Å². The van der Waals surface area contributed by atoms with Crippen molar-refractivity contribution in [1.82, 2.24) is 14.8 Å². The Kier molecular flexibility index (Phi) is 6.58. The molecule has 30 heavy (non-hydrogen) atoms. The zero-order chi connectivity index (χ0) is 21.1. The first-order chi connectivity index (χ1) is 14.5. The van der Waals surface area contributed by atoms with Gasteiger partial charge in [0.25, 0.3) is 5.91 Å². The fraction of sp³-hybridized carbons (Fsp3) is 0.409. The third-order valence-electron chi connectivity index (χ3n) is 5.85. The van der Waals surface area contributed by atoms with Crippen LogP contribution in [0.4, 0.5) is 5.82 Å². The second-order valence-corrected chi connectivity index (χ2v) is 9.02. The van der Waals surface area contributed by atoms with Gasteiger partial charge in [0.15, 0.2) is 0 Å². The van der Waals surface area contributed by atoms with Crippen LogP contribution in [0.25, 0.3) is 0 Å². The smallest absolute Gasteiger partial charge is 0.253 e. The predicted molar refractivity (Wildman–Crippen MR) is 121 cm³/mol. The molecule has 158 valence electrons. The van der Waals surface area contributed by atoms with Crippen LogP contribution < -0.4 is 4.90 Å². The molecule has 2 aliphatic heterocycles. The number of piperidine rings is 1. The summed E-state index contributed by atoms with van der Waals surface area (Å²) in [5.74, 6) is 1.02. The molecule has 0 N–H and O–H groups in total. The van der Waals surface area contributed by atoms with Gasteiger partial charge in [-0.05, 0) is 49.2 Å². The minimum absolute atomic E-state index is 0.0102. The number of carbonyl (C=O) groups is 2. The zero-order valence-electron chi connectivity index (χ0n) is 16.6. The van der Waals surface area contributed by atoms with Crippen LogP contribution in [0.1, 0.15) is 23.2 Å². The first kappa shape index (κ1) is 21.1. The zero-order valence-corrected chi connectivity index (χ0v) is 19.0. The van der Waals surface area contributed by atoms with Crippen LogP contribution in [-0.4, -0.2) is 65.9 Å². The van der Waals surface area contributed by atoms with Crippen LogP contribution in [0.5, 0.6) is 0 Å². The lowest BCUT2D eigenvalue weighted by Gasteiger charge is -2.39. The summed E-state index contributed by atoms with van der Waals surface area (Å²) in [6, 6.07) is 11.1. The maximum absolute atomic E-state index is 13.0. The normalized spacial score (nSPS) is 17.9. The molecule has 0 unspecified atom stereocenters. The van der Waals surface area contributed by atoms with Crippen LogP contribution in [-0.2, 0) is 4.79 Å². The van der Waals surface area contributed by atoms with Crippen LogP contribution in [0, 0.1) is 5.92 Å². The first-order valence-corrected chi connectivity index (χ1v) is 11.4. The fourth-order valence-electron chi connectivity index (χ4n) is 4.11. The highest BCUT2D eigenvalue weighted by atomic mass is 79.9. The molecule has 1 aromatic carbocycles. The molecule has 2 aromatic rings. The molecule has 1 aromatic heterocycles. The molecule has 8 heteroatoms. The van der Waals surface area contributed by atoms with Gasteiger partial charge in [-0.3, -0.25) is 9.59 Å². The molecule has 0 spiro atoms. The van der Waals surface area contributed by atoms with E-state index in [4.69, 9.17) is 11.6 Å². The molecule has 0 aliphatic carbocycles. The molecular weight excluding hydrogens is 468 g/mol. The summed E-state index contributed by atoms with van der Waals surface area (Å²) in [6.45, 7) is 4.03. The summed E-state index contributed by atoms with van der Waals surface area (Å²) in [4.78, 5) is 36.0. The minimum Gasteiger partial charge on any atom is -0.352 e. The SMILES string of the molecule is O=C(c1ccc(Br)cc1)N1CCC(C(=O)N2CCN(c3ncccc3Cl)CC2)CC1. The van der Waals surface area contributed by atoms with E-state index >= 15 is 0 Å². The van der Waals surface area contributed by atoms with Crippen LogP contribution in [0.2, 0.25) is 5.02 Å². The van der Waals surface area contributed by atoms with Crippen molar-refractivity contribution in [2.45, 2.75) is 12.8 Å². The summed E-state index contributed by atoms with van der Waals surface area (Å²) >= 11 is 9.64. The maximum atomic E-state index is 13.0. The molecule has 2 aliphatic rings. The standard InChI is InChI=1S/C22H24BrClN4O2/c23-18-5-3-16(4-6-18)21(29)27-10-7-17(8-11-27)22(30)28-14-12-26(13-15-28)20-19(24)2-1-9-25-20/h1-6,9,17H,7-8,10-15H2. The number of piperazine rings is 1. The number of nitrogens with zero attached hydrogens (tertiary/aromatic N) is 4. The average molecular weight is 492 g/mol. The number of aromatic nitrogens is 1. The van der Waals surface area contributed by atoms with E-state index in [1.165, 1.54) is 0 Å². The molecule has 4 rings (SSSR count). The second kappa shape index (κ2) is 9.35. The van der Waals surface area contributed by atoms with Crippen molar-refractivity contribution in [3.63, 3.8) is 0 Å².